The molecule has 1 rings (SSSR count). The number of anilines is 1. The first-order valence-corrected chi connectivity index (χ1v) is 4.63. The van der Waals surface area contributed by atoms with Gasteiger partial charge in [0, 0.05) is 0 Å². The number of allylic oxidation sites excluding steroid dienone is 2. The molecular formula is C12H8N4O. The molecule has 0 aliphatic heterocycles. The topological polar surface area (TPSA) is 104 Å². The Morgan fingerprint density at radius 3 is 2.35 bits per heavy atom. The lowest BCUT2D eigenvalue weighted by atomic mass is 10.2. The number of hydrogen-bond acceptors (Lipinski definition) is 5. The third-order valence-electron chi connectivity index (χ3n) is 2.00. The fraction of sp³-hybridized carbons (Fsp3) is 0.0833. The predicted molar refractivity (Wildman–Crippen MR) is 60.3 cm³/mol. The van der Waals surface area contributed by atoms with Crippen LogP contribution in [0.25, 0.3) is 0 Å². The molecule has 0 amide bonds. The molecule has 0 fully saturated rings. The Morgan fingerprint density at radius 1 is 1.18 bits per heavy atom. The van der Waals surface area contributed by atoms with Crippen LogP contribution in [0.15, 0.2) is 29.5 Å². The van der Waals surface area contributed by atoms with E-state index in [-0.39, 0.29) is 22.7 Å². The zero-order valence-electron chi connectivity index (χ0n) is 9.02. The Hall–Kier alpha value is -2.97. The van der Waals surface area contributed by atoms with Crippen LogP contribution < -0.4 is 5.32 Å². The summed E-state index contributed by atoms with van der Waals surface area (Å²) in [5, 5.41) is 38.2. The van der Waals surface area contributed by atoms with Gasteiger partial charge in [-0.3, -0.25) is 0 Å². The van der Waals surface area contributed by atoms with Crippen LogP contribution >= 0.6 is 0 Å². The monoisotopic (exact) mass is 224 g/mol. The van der Waals surface area contributed by atoms with Crippen molar-refractivity contribution in [3.8, 4) is 24.0 Å². The molecule has 0 bridgehead atoms. The van der Waals surface area contributed by atoms with Crippen LogP contribution in [-0.2, 0) is 0 Å². The molecule has 0 saturated carbocycles. The zero-order valence-corrected chi connectivity index (χ0v) is 9.02. The smallest absolute Gasteiger partial charge is 0.163 e. The quantitative estimate of drug-likeness (QED) is 0.590. The van der Waals surface area contributed by atoms with Gasteiger partial charge in [-0.2, -0.15) is 15.8 Å². The average Bonchev–Trinajstić information content (AvgIpc) is 2.33. The van der Waals surface area contributed by atoms with Crippen molar-refractivity contribution >= 4 is 5.69 Å². The van der Waals surface area contributed by atoms with Gasteiger partial charge in [0.2, 0.25) is 0 Å². The summed E-state index contributed by atoms with van der Waals surface area (Å²) in [5.41, 5.74) is 0.645. The average molecular weight is 224 g/mol. The molecule has 1 aromatic rings. The standard InChI is InChI=1S/C12H8N4O/c1-8-2-3-12(17)10(4-8)16-11(7-15)9(5-13)6-14/h2-4,16-17H,1H3. The van der Waals surface area contributed by atoms with Gasteiger partial charge in [-0.1, -0.05) is 6.07 Å². The number of aryl methyl sites for hydroxylation is 1. The van der Waals surface area contributed by atoms with Crippen molar-refractivity contribution in [2.45, 2.75) is 6.92 Å². The van der Waals surface area contributed by atoms with E-state index in [1.165, 1.54) is 6.07 Å². The van der Waals surface area contributed by atoms with Crippen LogP contribution in [-0.4, -0.2) is 5.11 Å². The minimum absolute atomic E-state index is 0.0569. The SMILES string of the molecule is Cc1ccc(O)c(NC(C#N)=C(C#N)C#N)c1. The highest BCUT2D eigenvalue weighted by atomic mass is 16.3. The molecule has 0 aromatic heterocycles. The van der Waals surface area contributed by atoms with Crippen molar-refractivity contribution in [1.29, 1.82) is 15.8 Å². The number of aromatic hydroxyl groups is 1. The summed E-state index contributed by atoms with van der Waals surface area (Å²) in [4.78, 5) is 0. The van der Waals surface area contributed by atoms with Crippen molar-refractivity contribution in [1.82, 2.24) is 0 Å². The largest absolute Gasteiger partial charge is 0.506 e. The van der Waals surface area contributed by atoms with Crippen LogP contribution in [0.4, 0.5) is 5.69 Å². The van der Waals surface area contributed by atoms with Crippen LogP contribution in [0, 0.1) is 40.9 Å². The Labute approximate surface area is 98.5 Å². The molecule has 0 heterocycles. The maximum Gasteiger partial charge on any atom is 0.163 e. The molecule has 0 saturated heterocycles. The molecule has 0 unspecified atom stereocenters. The number of nitrogens with one attached hydrogen (secondary N) is 1. The van der Waals surface area contributed by atoms with Gasteiger partial charge in [0.1, 0.15) is 29.7 Å². The number of phenolic OH excluding ortho intramolecular Hbond substituents is 1. The van der Waals surface area contributed by atoms with Crippen LogP contribution in [0.1, 0.15) is 5.56 Å². The highest BCUT2D eigenvalue weighted by Crippen LogP contribution is 2.25. The van der Waals surface area contributed by atoms with Crippen LogP contribution in [0.5, 0.6) is 5.75 Å². The van der Waals surface area contributed by atoms with E-state index in [1.807, 2.05) is 6.92 Å². The van der Waals surface area contributed by atoms with E-state index in [4.69, 9.17) is 15.8 Å². The van der Waals surface area contributed by atoms with Gasteiger partial charge in [-0.25, -0.2) is 0 Å². The van der Waals surface area contributed by atoms with Crippen molar-refractivity contribution in [2.24, 2.45) is 0 Å². The van der Waals surface area contributed by atoms with Crippen LogP contribution in [0.2, 0.25) is 0 Å². The minimum Gasteiger partial charge on any atom is -0.506 e. The van der Waals surface area contributed by atoms with E-state index in [2.05, 4.69) is 5.32 Å². The molecule has 2 N–H and O–H groups in total. The molecule has 0 atom stereocenters. The molecule has 0 aliphatic carbocycles. The summed E-state index contributed by atoms with van der Waals surface area (Å²) in [6.07, 6.45) is 0. The molecule has 0 spiro atoms. The van der Waals surface area contributed by atoms with Crippen LogP contribution in [0.3, 0.4) is 0 Å². The zero-order chi connectivity index (χ0) is 12.8. The fourth-order valence-corrected chi connectivity index (χ4v) is 1.17. The molecule has 0 radical (unpaired) electrons. The number of nitrogens with zero attached hydrogens (tertiary/aromatic N) is 3. The number of hydrogen-bond donors (Lipinski definition) is 2. The van der Waals surface area contributed by atoms with Crippen molar-refractivity contribution in [2.75, 3.05) is 5.32 Å². The third-order valence-corrected chi connectivity index (χ3v) is 2.00. The summed E-state index contributed by atoms with van der Waals surface area (Å²) in [6.45, 7) is 1.82. The third kappa shape index (κ3) is 2.75. The predicted octanol–water partition coefficient (Wildman–Crippen LogP) is 1.94. The molecule has 1 aromatic carbocycles. The Balaban J connectivity index is 3.20. The minimum atomic E-state index is -0.326. The van der Waals surface area contributed by atoms with E-state index in [0.717, 1.165) is 5.56 Å². The maximum absolute atomic E-state index is 9.55. The second kappa shape index (κ2) is 5.21. The van der Waals surface area contributed by atoms with Crippen molar-refractivity contribution < 1.29 is 5.11 Å². The highest BCUT2D eigenvalue weighted by molar-refractivity contribution is 5.64. The number of rotatable bonds is 2. The van der Waals surface area contributed by atoms with Crippen molar-refractivity contribution in [3.63, 3.8) is 0 Å². The highest BCUT2D eigenvalue weighted by Gasteiger charge is 2.08. The van der Waals surface area contributed by atoms with Gasteiger partial charge in [-0.05, 0) is 24.6 Å². The molecule has 82 valence electrons. The molecule has 5 nitrogen and oxygen atoms in total. The Kier molecular flexibility index (Phi) is 3.71. The van der Waals surface area contributed by atoms with Gasteiger partial charge >= 0.3 is 0 Å². The second-order valence-electron chi connectivity index (χ2n) is 3.23. The first kappa shape index (κ1) is 12.1. The van der Waals surface area contributed by atoms with E-state index in [0.29, 0.717) is 0 Å². The van der Waals surface area contributed by atoms with E-state index >= 15 is 0 Å². The summed E-state index contributed by atoms with van der Waals surface area (Å²) >= 11 is 0. The summed E-state index contributed by atoms with van der Waals surface area (Å²) < 4.78 is 0. The first-order valence-electron chi connectivity index (χ1n) is 4.63. The van der Waals surface area contributed by atoms with Gasteiger partial charge in [0.15, 0.2) is 5.57 Å². The van der Waals surface area contributed by atoms with Gasteiger partial charge < -0.3 is 10.4 Å². The lowest BCUT2D eigenvalue weighted by molar-refractivity contribution is 0.477. The van der Waals surface area contributed by atoms with Gasteiger partial charge in [0.25, 0.3) is 0 Å². The number of benzene rings is 1. The summed E-state index contributed by atoms with van der Waals surface area (Å²) in [6, 6.07) is 9.70. The first-order chi connectivity index (χ1) is 8.12. The second-order valence-corrected chi connectivity index (χ2v) is 3.23. The van der Waals surface area contributed by atoms with E-state index < -0.39 is 0 Å². The van der Waals surface area contributed by atoms with Crippen molar-refractivity contribution in [3.05, 3.63) is 35.0 Å². The van der Waals surface area contributed by atoms with Gasteiger partial charge in [0.05, 0.1) is 5.69 Å². The Morgan fingerprint density at radius 2 is 1.82 bits per heavy atom. The maximum atomic E-state index is 9.55. The lowest BCUT2D eigenvalue weighted by Gasteiger charge is -2.07. The molecule has 5 heteroatoms. The molecular weight excluding hydrogens is 216 g/mol. The molecule has 17 heavy (non-hydrogen) atoms. The fourth-order valence-electron chi connectivity index (χ4n) is 1.17. The van der Waals surface area contributed by atoms with Gasteiger partial charge in [-0.15, -0.1) is 0 Å². The summed E-state index contributed by atoms with van der Waals surface area (Å²) in [7, 11) is 0. The molecule has 0 aliphatic rings. The Bertz CT molecular complexity index is 580. The normalized spacial score (nSPS) is 8.35. The van der Waals surface area contributed by atoms with E-state index in [1.54, 1.807) is 30.3 Å². The number of nitriles is 3. The lowest BCUT2D eigenvalue weighted by Crippen LogP contribution is -2.01. The summed E-state index contributed by atoms with van der Waals surface area (Å²) in [5.74, 6) is -0.0569. The number of phenols is 1. The van der Waals surface area contributed by atoms with E-state index in [9.17, 15) is 5.11 Å².